The number of carbonyl (C=O) groups excluding carboxylic acids is 1. The summed E-state index contributed by atoms with van der Waals surface area (Å²) in [5.74, 6) is -1.16. The highest BCUT2D eigenvalue weighted by Crippen LogP contribution is 2.27. The summed E-state index contributed by atoms with van der Waals surface area (Å²) < 4.78 is 63.7. The molecule has 1 atom stereocenters. The van der Waals surface area contributed by atoms with Crippen molar-refractivity contribution < 1.29 is 30.8 Å². The molecule has 0 fully saturated rings. The topological polar surface area (TPSA) is 72.5 Å². The summed E-state index contributed by atoms with van der Waals surface area (Å²) in [6, 6.07) is 0. The van der Waals surface area contributed by atoms with E-state index < -0.39 is 29.8 Å². The number of hydrogen-bond donors (Lipinski definition) is 1. The zero-order chi connectivity index (χ0) is 15.5. The summed E-state index contributed by atoms with van der Waals surface area (Å²) >= 11 is 0. The van der Waals surface area contributed by atoms with E-state index in [-0.39, 0.29) is 18.4 Å². The van der Waals surface area contributed by atoms with Crippen LogP contribution in [0.5, 0.6) is 0 Å². The van der Waals surface area contributed by atoms with Crippen LogP contribution in [-0.4, -0.2) is 35.3 Å². The zero-order valence-electron chi connectivity index (χ0n) is 11.2. The van der Waals surface area contributed by atoms with Crippen molar-refractivity contribution in [1.29, 1.82) is 0 Å². The Morgan fingerprint density at radius 1 is 1.37 bits per heavy atom. The number of rotatable bonds is 6. The molecule has 1 amide bonds. The molecule has 0 aromatic heterocycles. The van der Waals surface area contributed by atoms with Crippen molar-refractivity contribution in [1.82, 2.24) is 4.72 Å². The zero-order valence-corrected chi connectivity index (χ0v) is 13.0. The first-order chi connectivity index (χ1) is 8.33. The minimum atomic E-state index is -5.61. The predicted octanol–water partition coefficient (Wildman–Crippen LogP) is 1.97. The van der Waals surface area contributed by atoms with Crippen molar-refractivity contribution in [3.05, 3.63) is 0 Å². The molecule has 0 saturated heterocycles. The fraction of sp³-hybridized carbons (Fsp3) is 0.889. The average molecular weight is 321 g/mol. The first kappa shape index (κ1) is 18.4. The Labute approximate surface area is 111 Å². The molecule has 0 bridgehead atoms. The van der Waals surface area contributed by atoms with Gasteiger partial charge in [0.1, 0.15) is 0 Å². The van der Waals surface area contributed by atoms with Crippen molar-refractivity contribution in [3.63, 3.8) is 0 Å². The summed E-state index contributed by atoms with van der Waals surface area (Å²) in [5.41, 5.74) is -5.47. The Morgan fingerprint density at radius 2 is 1.84 bits per heavy atom. The van der Waals surface area contributed by atoms with Gasteiger partial charge in [0.2, 0.25) is 5.91 Å². The van der Waals surface area contributed by atoms with E-state index in [4.69, 9.17) is 4.43 Å². The van der Waals surface area contributed by atoms with Gasteiger partial charge < -0.3 is 4.43 Å². The molecule has 0 aliphatic rings. The van der Waals surface area contributed by atoms with Gasteiger partial charge in [-0.05, 0) is 25.1 Å². The summed E-state index contributed by atoms with van der Waals surface area (Å²) in [6.07, 6.45) is -0.0253. The molecule has 5 nitrogen and oxygen atoms in total. The smallest absolute Gasteiger partial charge is 0.420 e. The van der Waals surface area contributed by atoms with Gasteiger partial charge in [-0.2, -0.15) is 21.6 Å². The molecule has 0 radical (unpaired) electrons. The van der Waals surface area contributed by atoms with Crippen molar-refractivity contribution in [3.8, 4) is 0 Å². The Kier molecular flexibility index (Phi) is 6.02. The van der Waals surface area contributed by atoms with E-state index in [1.165, 1.54) is 7.11 Å². The molecule has 0 aliphatic heterocycles. The first-order valence-corrected chi connectivity index (χ1v) is 9.97. The van der Waals surface area contributed by atoms with Crippen LogP contribution in [0.3, 0.4) is 0 Å². The Balaban J connectivity index is 4.45. The highest BCUT2D eigenvalue weighted by Gasteiger charge is 2.47. The molecular formula is C9H18F3NO4SSi. The van der Waals surface area contributed by atoms with E-state index in [1.54, 1.807) is 0 Å². The molecule has 10 heteroatoms. The van der Waals surface area contributed by atoms with Gasteiger partial charge >= 0.3 is 15.5 Å². The molecule has 0 saturated carbocycles. The van der Waals surface area contributed by atoms with Crippen LogP contribution in [0, 0.1) is 0 Å². The second kappa shape index (κ2) is 6.22. The Morgan fingerprint density at radius 3 is 2.21 bits per heavy atom. The summed E-state index contributed by atoms with van der Waals surface area (Å²) in [7, 11) is -6.06. The third-order valence-corrected chi connectivity index (χ3v) is 7.89. The standard InChI is InChI=1S/C9H18F3NO4SSi/c1-7(19(3,4)17-2)5-6-8(14)13-18(15,16)9(10,11)12/h7H,5-6H2,1-4H3,(H,13,14). The van der Waals surface area contributed by atoms with Crippen LogP contribution >= 0.6 is 0 Å². The molecule has 0 aromatic carbocycles. The number of nitrogens with one attached hydrogen (secondary N) is 1. The van der Waals surface area contributed by atoms with Crippen molar-refractivity contribution in [2.24, 2.45) is 0 Å². The minimum Gasteiger partial charge on any atom is -0.420 e. The molecule has 114 valence electrons. The highest BCUT2D eigenvalue weighted by atomic mass is 32.2. The molecule has 1 unspecified atom stereocenters. The molecule has 0 heterocycles. The van der Waals surface area contributed by atoms with Crippen molar-refractivity contribution in [2.75, 3.05) is 7.11 Å². The Hall–Kier alpha value is -0.613. The summed E-state index contributed by atoms with van der Waals surface area (Å²) in [4.78, 5) is 11.2. The van der Waals surface area contributed by atoms with Gasteiger partial charge in [-0.3, -0.25) is 4.79 Å². The van der Waals surface area contributed by atoms with Gasteiger partial charge in [-0.1, -0.05) is 6.92 Å². The third kappa shape index (κ3) is 5.49. The SMILES string of the molecule is CO[Si](C)(C)C(C)CCC(=O)NS(=O)(=O)C(F)(F)F. The number of carbonyl (C=O) groups is 1. The number of sulfonamides is 1. The van der Waals surface area contributed by atoms with Gasteiger partial charge in [0.25, 0.3) is 0 Å². The van der Waals surface area contributed by atoms with E-state index >= 15 is 0 Å². The maximum atomic E-state index is 12.0. The van der Waals surface area contributed by atoms with E-state index in [1.807, 2.05) is 20.0 Å². The lowest BCUT2D eigenvalue weighted by molar-refractivity contribution is -0.120. The van der Waals surface area contributed by atoms with Gasteiger partial charge in [0.05, 0.1) is 0 Å². The lowest BCUT2D eigenvalue weighted by Gasteiger charge is -2.27. The number of halogens is 3. The molecular weight excluding hydrogens is 303 g/mol. The number of amides is 1. The van der Waals surface area contributed by atoms with E-state index in [9.17, 15) is 26.4 Å². The van der Waals surface area contributed by atoms with Crippen LogP contribution in [0.25, 0.3) is 0 Å². The lowest BCUT2D eigenvalue weighted by atomic mass is 10.2. The fourth-order valence-corrected chi connectivity index (χ4v) is 2.91. The first-order valence-electron chi connectivity index (χ1n) is 5.50. The third-order valence-electron chi connectivity index (χ3n) is 3.07. The molecule has 0 aromatic rings. The normalized spacial score (nSPS) is 15.1. The average Bonchev–Trinajstić information content (AvgIpc) is 2.23. The summed E-state index contributed by atoms with van der Waals surface area (Å²) in [6.45, 7) is 5.63. The van der Waals surface area contributed by atoms with Gasteiger partial charge in [-0.25, -0.2) is 4.72 Å². The predicted molar refractivity (Wildman–Crippen MR) is 66.3 cm³/mol. The van der Waals surface area contributed by atoms with E-state index in [0.29, 0.717) is 0 Å². The minimum absolute atomic E-state index is 0.0110. The van der Waals surface area contributed by atoms with Gasteiger partial charge in [0.15, 0.2) is 8.32 Å². The van der Waals surface area contributed by atoms with Gasteiger partial charge in [-0.15, -0.1) is 0 Å². The molecule has 19 heavy (non-hydrogen) atoms. The van der Waals surface area contributed by atoms with Crippen molar-refractivity contribution >= 4 is 24.2 Å². The number of alkyl halides is 3. The molecule has 0 rings (SSSR count). The van der Waals surface area contributed by atoms with Crippen LogP contribution in [0.15, 0.2) is 0 Å². The second-order valence-electron chi connectivity index (χ2n) is 4.72. The van der Waals surface area contributed by atoms with Crippen molar-refractivity contribution in [2.45, 2.75) is 43.9 Å². The van der Waals surface area contributed by atoms with Crippen LogP contribution in [0.2, 0.25) is 18.6 Å². The highest BCUT2D eigenvalue weighted by molar-refractivity contribution is 7.90. The van der Waals surface area contributed by atoms with Crippen LogP contribution in [0.1, 0.15) is 19.8 Å². The fourth-order valence-electron chi connectivity index (χ4n) is 1.16. The van der Waals surface area contributed by atoms with Crippen LogP contribution < -0.4 is 4.72 Å². The van der Waals surface area contributed by atoms with E-state index in [0.717, 1.165) is 4.72 Å². The van der Waals surface area contributed by atoms with E-state index in [2.05, 4.69) is 0 Å². The summed E-state index contributed by atoms with van der Waals surface area (Å²) in [5, 5.41) is 0. The van der Waals surface area contributed by atoms with Gasteiger partial charge in [0, 0.05) is 13.5 Å². The monoisotopic (exact) mass is 321 g/mol. The van der Waals surface area contributed by atoms with Crippen LogP contribution in [0.4, 0.5) is 13.2 Å². The van der Waals surface area contributed by atoms with Crippen LogP contribution in [-0.2, 0) is 19.2 Å². The quantitative estimate of drug-likeness (QED) is 0.759. The lowest BCUT2D eigenvalue weighted by Crippen LogP contribution is -2.40. The molecule has 0 spiro atoms. The maximum Gasteiger partial charge on any atom is 0.516 e. The molecule has 1 N–H and O–H groups in total. The largest absolute Gasteiger partial charge is 0.516 e. The Bertz CT molecular complexity index is 422. The molecule has 0 aliphatic carbocycles. The number of hydrogen-bond acceptors (Lipinski definition) is 4. The second-order valence-corrected chi connectivity index (χ2v) is 11.0. The maximum absolute atomic E-state index is 12.0.